The molecule has 0 saturated heterocycles. The first kappa shape index (κ1) is 17.0. The maximum atomic E-state index is 13.4. The van der Waals surface area contributed by atoms with Gasteiger partial charge in [0.1, 0.15) is 0 Å². The minimum atomic E-state index is -0.322. The molecule has 0 radical (unpaired) electrons. The van der Waals surface area contributed by atoms with Crippen LogP contribution >= 0.6 is 0 Å². The Morgan fingerprint density at radius 2 is 1.80 bits per heavy atom. The predicted octanol–water partition coefficient (Wildman–Crippen LogP) is 4.70. The highest BCUT2D eigenvalue weighted by molar-refractivity contribution is 5.32. The lowest BCUT2D eigenvalue weighted by Crippen LogP contribution is -2.43. The van der Waals surface area contributed by atoms with Crippen LogP contribution in [0.4, 0.5) is 4.39 Å². The number of ether oxygens (including phenoxy) is 1. The van der Waals surface area contributed by atoms with Gasteiger partial charge in [-0.2, -0.15) is 0 Å². The van der Waals surface area contributed by atoms with Crippen LogP contribution in [0.15, 0.2) is 18.2 Å². The first-order chi connectivity index (χ1) is 9.04. The maximum Gasteiger partial charge on any atom is 0.165 e. The van der Waals surface area contributed by atoms with Crippen molar-refractivity contribution in [3.63, 3.8) is 0 Å². The van der Waals surface area contributed by atoms with Crippen molar-refractivity contribution in [2.45, 2.75) is 59.5 Å². The molecule has 0 spiro atoms. The molecule has 0 heterocycles. The van der Waals surface area contributed by atoms with Crippen LogP contribution in [0.25, 0.3) is 0 Å². The summed E-state index contributed by atoms with van der Waals surface area (Å²) in [6.07, 6.45) is 1.06. The number of hydrogen-bond donors (Lipinski definition) is 1. The SMILES string of the molecule is COc1cc(C(C)NC(C)(C)CC(C)(C)C)ccc1F. The lowest BCUT2D eigenvalue weighted by molar-refractivity contribution is 0.226. The molecular formula is C17H28FNO. The van der Waals surface area contributed by atoms with Gasteiger partial charge >= 0.3 is 0 Å². The fraction of sp³-hybridized carbons (Fsp3) is 0.647. The Kier molecular flexibility index (Phi) is 5.20. The molecule has 20 heavy (non-hydrogen) atoms. The van der Waals surface area contributed by atoms with Crippen LogP contribution in [0.1, 0.15) is 59.6 Å². The monoisotopic (exact) mass is 281 g/mol. The van der Waals surface area contributed by atoms with E-state index in [4.69, 9.17) is 4.74 Å². The Bertz CT molecular complexity index is 449. The zero-order valence-electron chi connectivity index (χ0n) is 13.8. The Balaban J connectivity index is 2.83. The van der Waals surface area contributed by atoms with Crippen LogP contribution in [-0.4, -0.2) is 12.6 Å². The molecule has 3 heteroatoms. The smallest absolute Gasteiger partial charge is 0.165 e. The second kappa shape index (κ2) is 6.13. The number of hydrogen-bond acceptors (Lipinski definition) is 2. The third-order valence-corrected chi connectivity index (χ3v) is 3.25. The molecule has 1 rings (SSSR count). The van der Waals surface area contributed by atoms with E-state index < -0.39 is 0 Å². The van der Waals surface area contributed by atoms with E-state index in [1.165, 1.54) is 13.2 Å². The number of benzene rings is 1. The van der Waals surface area contributed by atoms with Crippen molar-refractivity contribution < 1.29 is 9.13 Å². The zero-order valence-corrected chi connectivity index (χ0v) is 13.8. The van der Waals surface area contributed by atoms with Crippen molar-refractivity contribution in [2.24, 2.45) is 5.41 Å². The van der Waals surface area contributed by atoms with Crippen LogP contribution in [0.3, 0.4) is 0 Å². The largest absolute Gasteiger partial charge is 0.494 e. The fourth-order valence-electron chi connectivity index (χ4n) is 2.99. The van der Waals surface area contributed by atoms with E-state index in [-0.39, 0.29) is 22.8 Å². The Hall–Kier alpha value is -1.09. The lowest BCUT2D eigenvalue weighted by atomic mass is 9.81. The summed E-state index contributed by atoms with van der Waals surface area (Å²) >= 11 is 0. The van der Waals surface area contributed by atoms with Gasteiger partial charge in [-0.1, -0.05) is 26.8 Å². The zero-order chi connectivity index (χ0) is 15.6. The number of methoxy groups -OCH3 is 1. The van der Waals surface area contributed by atoms with Gasteiger partial charge in [0.25, 0.3) is 0 Å². The molecule has 0 aliphatic heterocycles. The minimum Gasteiger partial charge on any atom is -0.494 e. The molecule has 0 amide bonds. The van der Waals surface area contributed by atoms with Crippen LogP contribution in [0.2, 0.25) is 0 Å². The molecule has 1 unspecified atom stereocenters. The van der Waals surface area contributed by atoms with E-state index in [9.17, 15) is 4.39 Å². The summed E-state index contributed by atoms with van der Waals surface area (Å²) in [7, 11) is 1.49. The molecule has 1 N–H and O–H groups in total. The summed E-state index contributed by atoms with van der Waals surface area (Å²) in [6, 6.07) is 5.17. The van der Waals surface area contributed by atoms with Crippen molar-refractivity contribution >= 4 is 0 Å². The Labute approximate surface area is 122 Å². The highest BCUT2D eigenvalue weighted by Crippen LogP contribution is 2.30. The molecule has 2 nitrogen and oxygen atoms in total. The maximum absolute atomic E-state index is 13.4. The van der Waals surface area contributed by atoms with Crippen molar-refractivity contribution in [2.75, 3.05) is 7.11 Å². The molecular weight excluding hydrogens is 253 g/mol. The first-order valence-electron chi connectivity index (χ1n) is 7.15. The second-order valence-corrected chi connectivity index (χ2v) is 7.38. The van der Waals surface area contributed by atoms with Crippen LogP contribution in [0, 0.1) is 11.2 Å². The lowest BCUT2D eigenvalue weighted by Gasteiger charge is -2.36. The average molecular weight is 281 g/mol. The second-order valence-electron chi connectivity index (χ2n) is 7.38. The highest BCUT2D eigenvalue weighted by Gasteiger charge is 2.27. The summed E-state index contributed by atoms with van der Waals surface area (Å²) in [4.78, 5) is 0. The number of rotatable bonds is 5. The average Bonchev–Trinajstić information content (AvgIpc) is 2.25. The molecule has 1 aromatic carbocycles. The van der Waals surface area contributed by atoms with E-state index in [0.717, 1.165) is 12.0 Å². The van der Waals surface area contributed by atoms with Gasteiger partial charge in [0.15, 0.2) is 11.6 Å². The van der Waals surface area contributed by atoms with Gasteiger partial charge in [-0.3, -0.25) is 0 Å². The van der Waals surface area contributed by atoms with Crippen LogP contribution in [0.5, 0.6) is 5.75 Å². The van der Waals surface area contributed by atoms with Gasteiger partial charge in [0.2, 0.25) is 0 Å². The van der Waals surface area contributed by atoms with Gasteiger partial charge in [-0.25, -0.2) is 4.39 Å². The standard InChI is InChI=1S/C17H28FNO/c1-12(19-17(5,6)11-16(2,3)4)13-8-9-14(18)15(10-13)20-7/h8-10,12,19H,11H2,1-7H3. The number of halogens is 1. The molecule has 114 valence electrons. The molecule has 0 saturated carbocycles. The van der Waals surface area contributed by atoms with E-state index in [0.29, 0.717) is 5.75 Å². The van der Waals surface area contributed by atoms with Crippen LogP contribution < -0.4 is 10.1 Å². The van der Waals surface area contributed by atoms with Gasteiger partial charge in [0, 0.05) is 11.6 Å². The van der Waals surface area contributed by atoms with Gasteiger partial charge in [-0.15, -0.1) is 0 Å². The molecule has 0 bridgehead atoms. The van der Waals surface area contributed by atoms with Crippen molar-refractivity contribution in [1.82, 2.24) is 5.32 Å². The molecule has 0 aliphatic carbocycles. The Morgan fingerprint density at radius 3 is 2.30 bits per heavy atom. The summed E-state index contributed by atoms with van der Waals surface area (Å²) < 4.78 is 18.5. The number of nitrogens with one attached hydrogen (secondary N) is 1. The summed E-state index contributed by atoms with van der Waals surface area (Å²) in [5, 5.41) is 3.62. The topological polar surface area (TPSA) is 21.3 Å². The van der Waals surface area contributed by atoms with Crippen molar-refractivity contribution in [3.8, 4) is 5.75 Å². The van der Waals surface area contributed by atoms with Gasteiger partial charge in [-0.05, 0) is 50.3 Å². The molecule has 0 aromatic heterocycles. The predicted molar refractivity (Wildman–Crippen MR) is 82.7 cm³/mol. The highest BCUT2D eigenvalue weighted by atomic mass is 19.1. The van der Waals surface area contributed by atoms with Gasteiger partial charge in [0.05, 0.1) is 7.11 Å². The fourth-order valence-corrected chi connectivity index (χ4v) is 2.99. The summed E-state index contributed by atoms with van der Waals surface area (Å²) in [5.41, 5.74) is 1.31. The third kappa shape index (κ3) is 5.12. The van der Waals surface area contributed by atoms with E-state index in [1.54, 1.807) is 6.07 Å². The van der Waals surface area contributed by atoms with Crippen LogP contribution in [-0.2, 0) is 0 Å². The molecule has 0 fully saturated rings. The molecule has 0 aliphatic rings. The van der Waals surface area contributed by atoms with Crippen molar-refractivity contribution in [3.05, 3.63) is 29.6 Å². The summed E-state index contributed by atoms with van der Waals surface area (Å²) in [6.45, 7) is 13.2. The third-order valence-electron chi connectivity index (χ3n) is 3.25. The Morgan fingerprint density at radius 1 is 1.20 bits per heavy atom. The van der Waals surface area contributed by atoms with E-state index in [1.807, 2.05) is 6.07 Å². The van der Waals surface area contributed by atoms with Gasteiger partial charge < -0.3 is 10.1 Å². The normalized spacial score (nSPS) is 14.2. The van der Waals surface area contributed by atoms with E-state index >= 15 is 0 Å². The van der Waals surface area contributed by atoms with Crippen molar-refractivity contribution in [1.29, 1.82) is 0 Å². The van der Waals surface area contributed by atoms with E-state index in [2.05, 4.69) is 46.9 Å². The first-order valence-corrected chi connectivity index (χ1v) is 7.15. The molecule has 1 aromatic rings. The minimum absolute atomic E-state index is 0.0132. The quantitative estimate of drug-likeness (QED) is 0.844. The molecule has 1 atom stereocenters. The summed E-state index contributed by atoms with van der Waals surface area (Å²) in [5.74, 6) is -0.0258.